The summed E-state index contributed by atoms with van der Waals surface area (Å²) in [6, 6.07) is 0. The molecule has 0 aliphatic carbocycles. The van der Waals surface area contributed by atoms with E-state index in [2.05, 4.69) is 6.92 Å². The number of methoxy groups -OCH3 is 2. The van der Waals surface area contributed by atoms with Gasteiger partial charge in [0.15, 0.2) is 5.79 Å². The summed E-state index contributed by atoms with van der Waals surface area (Å²) < 4.78 is 9.51. The third-order valence-electron chi connectivity index (χ3n) is 0.864. The Morgan fingerprint density at radius 3 is 1.57 bits per heavy atom. The summed E-state index contributed by atoms with van der Waals surface area (Å²) in [6.45, 7) is 5.31. The van der Waals surface area contributed by atoms with Crippen molar-refractivity contribution in [3.8, 4) is 0 Å². The van der Waals surface area contributed by atoms with Crippen molar-refractivity contribution < 1.29 is 9.47 Å². The molecule has 0 aromatic heterocycles. The van der Waals surface area contributed by atoms with Gasteiger partial charge in [-0.3, -0.25) is 0 Å². The quantitative estimate of drug-likeness (QED) is 0.482. The minimum absolute atomic E-state index is 0.667. The monoisotopic (exact) mass is 103 g/mol. The Morgan fingerprint density at radius 1 is 1.29 bits per heavy atom. The lowest BCUT2D eigenvalue weighted by Gasteiger charge is -2.19. The van der Waals surface area contributed by atoms with Crippen LogP contribution in [-0.4, -0.2) is 20.0 Å². The second-order valence-electron chi connectivity index (χ2n) is 1.54. The molecule has 0 aromatic carbocycles. The number of hydrogen-bond donors (Lipinski definition) is 0. The van der Waals surface area contributed by atoms with Crippen LogP contribution in [0.2, 0.25) is 0 Å². The summed E-state index contributed by atoms with van der Waals surface area (Å²) >= 11 is 0. The predicted molar refractivity (Wildman–Crippen MR) is 27.8 cm³/mol. The van der Waals surface area contributed by atoms with Crippen molar-refractivity contribution in [1.29, 1.82) is 0 Å². The highest BCUT2D eigenvalue weighted by molar-refractivity contribution is 4.61. The van der Waals surface area contributed by atoms with Gasteiger partial charge in [-0.1, -0.05) is 0 Å². The molecular weight excluding hydrogens is 92.1 g/mol. The van der Waals surface area contributed by atoms with Crippen LogP contribution in [0.15, 0.2) is 0 Å². The maximum absolute atomic E-state index is 4.75. The maximum Gasteiger partial charge on any atom is 0.164 e. The fourth-order valence-corrected chi connectivity index (χ4v) is 0.0833. The molecule has 7 heavy (non-hydrogen) atoms. The second kappa shape index (κ2) is 2.28. The van der Waals surface area contributed by atoms with Crippen LogP contribution >= 0.6 is 0 Å². The van der Waals surface area contributed by atoms with E-state index in [-0.39, 0.29) is 0 Å². The molecule has 0 unspecified atom stereocenters. The zero-order valence-corrected chi connectivity index (χ0v) is 5.02. The van der Waals surface area contributed by atoms with Crippen molar-refractivity contribution in [1.82, 2.24) is 0 Å². The predicted octanol–water partition coefficient (Wildman–Crippen LogP) is 0.829. The van der Waals surface area contributed by atoms with Gasteiger partial charge in [-0.05, 0) is 6.92 Å². The van der Waals surface area contributed by atoms with Crippen molar-refractivity contribution >= 4 is 0 Å². The Bertz CT molecular complexity index is 44.0. The zero-order valence-electron chi connectivity index (χ0n) is 5.02. The van der Waals surface area contributed by atoms with Gasteiger partial charge in [-0.2, -0.15) is 0 Å². The normalized spacial score (nSPS) is 12.0. The summed E-state index contributed by atoms with van der Waals surface area (Å²) in [5.41, 5.74) is 0. The first-order valence-corrected chi connectivity index (χ1v) is 2.08. The molecule has 0 atom stereocenters. The van der Waals surface area contributed by atoms with E-state index in [0.29, 0.717) is 0 Å². The van der Waals surface area contributed by atoms with Gasteiger partial charge in [0, 0.05) is 21.1 Å². The minimum Gasteiger partial charge on any atom is -0.353 e. The molecule has 0 rings (SSSR count). The van der Waals surface area contributed by atoms with Crippen molar-refractivity contribution in [2.45, 2.75) is 12.7 Å². The molecule has 0 fully saturated rings. The van der Waals surface area contributed by atoms with Gasteiger partial charge >= 0.3 is 0 Å². The van der Waals surface area contributed by atoms with E-state index in [1.165, 1.54) is 0 Å². The summed E-state index contributed by atoms with van der Waals surface area (Å²) in [7, 11) is 3.10. The highest BCUT2D eigenvalue weighted by Gasteiger charge is 2.12. The summed E-state index contributed by atoms with van der Waals surface area (Å²) in [4.78, 5) is 0. The van der Waals surface area contributed by atoms with E-state index in [1.54, 1.807) is 21.1 Å². The first kappa shape index (κ1) is 6.92. The molecule has 0 heterocycles. The average molecular weight is 103 g/mol. The lowest BCUT2D eigenvalue weighted by molar-refractivity contribution is -0.158. The van der Waals surface area contributed by atoms with E-state index in [0.717, 1.165) is 0 Å². The highest BCUT2D eigenvalue weighted by atomic mass is 16.7. The number of ether oxygens (including phenoxy) is 2. The van der Waals surface area contributed by atoms with E-state index in [1.807, 2.05) is 0 Å². The molecule has 0 spiro atoms. The topological polar surface area (TPSA) is 18.5 Å². The average Bonchev–Trinajstić information content (AvgIpc) is 1.68. The SMILES string of the molecule is [CH2]C(C)(OC)OC. The van der Waals surface area contributed by atoms with Gasteiger partial charge < -0.3 is 9.47 Å². The Morgan fingerprint density at radius 2 is 1.57 bits per heavy atom. The van der Waals surface area contributed by atoms with Gasteiger partial charge in [-0.15, -0.1) is 0 Å². The molecule has 1 radical (unpaired) electrons. The number of rotatable bonds is 2. The highest BCUT2D eigenvalue weighted by Crippen LogP contribution is 2.04. The van der Waals surface area contributed by atoms with Gasteiger partial charge in [0.05, 0.1) is 0 Å². The van der Waals surface area contributed by atoms with Crippen LogP contribution in [0.4, 0.5) is 0 Å². The maximum atomic E-state index is 4.75. The molecule has 0 aliphatic rings. The zero-order chi connectivity index (χ0) is 5.91. The van der Waals surface area contributed by atoms with Crippen LogP contribution in [0, 0.1) is 6.92 Å². The summed E-state index contributed by atoms with van der Waals surface area (Å²) in [5, 5.41) is 0. The summed E-state index contributed by atoms with van der Waals surface area (Å²) in [6.07, 6.45) is 0. The largest absolute Gasteiger partial charge is 0.353 e. The Balaban J connectivity index is 3.36. The van der Waals surface area contributed by atoms with Gasteiger partial charge in [0.25, 0.3) is 0 Å². The van der Waals surface area contributed by atoms with Crippen LogP contribution in [0.3, 0.4) is 0 Å². The molecule has 2 nitrogen and oxygen atoms in total. The molecule has 0 saturated carbocycles. The molecule has 0 amide bonds. The fourth-order valence-electron chi connectivity index (χ4n) is 0.0833. The standard InChI is InChI=1S/C5H11O2/c1-5(2,6-3)7-4/h1H2,2-4H3. The van der Waals surface area contributed by atoms with Gasteiger partial charge in [0.1, 0.15) is 0 Å². The minimum atomic E-state index is -0.667. The van der Waals surface area contributed by atoms with Crippen LogP contribution in [0.25, 0.3) is 0 Å². The Hall–Kier alpha value is -0.0800. The molecular formula is C5H11O2. The van der Waals surface area contributed by atoms with Crippen LogP contribution in [-0.2, 0) is 9.47 Å². The molecule has 0 aliphatic heterocycles. The van der Waals surface area contributed by atoms with Crippen LogP contribution < -0.4 is 0 Å². The van der Waals surface area contributed by atoms with Crippen molar-refractivity contribution in [2.75, 3.05) is 14.2 Å². The second-order valence-corrected chi connectivity index (χ2v) is 1.54. The number of hydrogen-bond acceptors (Lipinski definition) is 2. The first-order valence-electron chi connectivity index (χ1n) is 2.08. The molecule has 0 saturated heterocycles. The lowest BCUT2D eigenvalue weighted by atomic mass is 10.4. The molecule has 0 bridgehead atoms. The molecule has 0 N–H and O–H groups in total. The van der Waals surface area contributed by atoms with Crippen molar-refractivity contribution in [3.63, 3.8) is 0 Å². The van der Waals surface area contributed by atoms with E-state index in [9.17, 15) is 0 Å². The van der Waals surface area contributed by atoms with Crippen LogP contribution in [0.1, 0.15) is 6.92 Å². The van der Waals surface area contributed by atoms with Gasteiger partial charge in [0.2, 0.25) is 0 Å². The van der Waals surface area contributed by atoms with E-state index in [4.69, 9.17) is 9.47 Å². The Kier molecular flexibility index (Phi) is 2.26. The van der Waals surface area contributed by atoms with E-state index >= 15 is 0 Å². The Labute approximate surface area is 44.4 Å². The van der Waals surface area contributed by atoms with E-state index < -0.39 is 5.79 Å². The third kappa shape index (κ3) is 2.60. The van der Waals surface area contributed by atoms with Crippen molar-refractivity contribution in [2.24, 2.45) is 0 Å². The molecule has 43 valence electrons. The van der Waals surface area contributed by atoms with Crippen molar-refractivity contribution in [3.05, 3.63) is 6.92 Å². The lowest BCUT2D eigenvalue weighted by Crippen LogP contribution is -2.24. The third-order valence-corrected chi connectivity index (χ3v) is 0.864. The first-order chi connectivity index (χ1) is 3.12. The summed E-state index contributed by atoms with van der Waals surface area (Å²) in [5.74, 6) is -0.667. The molecule has 0 aromatic rings. The smallest absolute Gasteiger partial charge is 0.164 e. The fraction of sp³-hybridized carbons (Fsp3) is 0.800. The van der Waals surface area contributed by atoms with Crippen LogP contribution in [0.5, 0.6) is 0 Å². The molecule has 2 heteroatoms. The van der Waals surface area contributed by atoms with Gasteiger partial charge in [-0.25, -0.2) is 0 Å².